The Bertz CT molecular complexity index is 1280. The predicted molar refractivity (Wildman–Crippen MR) is 119 cm³/mol. The van der Waals surface area contributed by atoms with E-state index in [9.17, 15) is 14.7 Å². The molecule has 0 heterocycles. The Morgan fingerprint density at radius 2 is 1.47 bits per heavy atom. The summed E-state index contributed by atoms with van der Waals surface area (Å²) in [4.78, 5) is 23.5. The van der Waals surface area contributed by atoms with Crippen molar-refractivity contribution < 1.29 is 19.4 Å². The number of nitrogens with two attached hydrogens (primary N) is 1. The molecule has 1 amide bonds. The van der Waals surface area contributed by atoms with Crippen LogP contribution in [0.5, 0.6) is 0 Å². The van der Waals surface area contributed by atoms with E-state index in [0.717, 1.165) is 21.1 Å². The van der Waals surface area contributed by atoms with Crippen LogP contribution < -0.4 is 5.73 Å². The van der Waals surface area contributed by atoms with Gasteiger partial charge in [-0.3, -0.25) is 0 Å². The van der Waals surface area contributed by atoms with Crippen LogP contribution in [0, 0.1) is 0 Å². The first-order valence-corrected chi connectivity index (χ1v) is 10.1. The number of carbonyl (C=O) groups excluding carboxylic acids is 1. The fourth-order valence-electron chi connectivity index (χ4n) is 3.75. The van der Waals surface area contributed by atoms with Gasteiger partial charge in [-0.25, -0.2) is 9.59 Å². The van der Waals surface area contributed by atoms with E-state index in [0.29, 0.717) is 10.9 Å². The molecular weight excluding hydrogens is 398 g/mol. The third-order valence-corrected chi connectivity index (χ3v) is 6.22. The van der Waals surface area contributed by atoms with Crippen LogP contribution in [0.15, 0.2) is 83.8 Å². The molecule has 4 rings (SSSR count). The molecule has 0 fully saturated rings. The summed E-state index contributed by atoms with van der Waals surface area (Å²) in [5, 5.41) is 13.4. The lowest BCUT2D eigenvalue weighted by molar-refractivity contribution is 0.0675. The zero-order valence-corrected chi connectivity index (χ0v) is 17.0. The van der Waals surface area contributed by atoms with Crippen LogP contribution in [0.1, 0.15) is 22.8 Å². The molecule has 3 N–H and O–H groups in total. The van der Waals surface area contributed by atoms with Gasteiger partial charge >= 0.3 is 12.1 Å². The summed E-state index contributed by atoms with van der Waals surface area (Å²) in [6.45, 7) is 1.68. The highest BCUT2D eigenvalue weighted by Gasteiger charge is 2.38. The standard InChI is InChI=1S/C24H19NO4S/c1-24(29-23(25)28,30-20-12-6-9-15-7-2-4-10-17(15)20)21-18-11-5-3-8-16(18)13-14-19(21)22(26)27/h2-14H,1H3,(H2,25,28)(H,26,27). The van der Waals surface area contributed by atoms with Crippen LogP contribution in [0.2, 0.25) is 0 Å². The van der Waals surface area contributed by atoms with Crippen molar-refractivity contribution in [2.75, 3.05) is 0 Å². The van der Waals surface area contributed by atoms with E-state index < -0.39 is 17.0 Å². The van der Waals surface area contributed by atoms with Crippen LogP contribution in [-0.4, -0.2) is 17.2 Å². The Morgan fingerprint density at radius 1 is 0.867 bits per heavy atom. The van der Waals surface area contributed by atoms with Gasteiger partial charge in [-0.1, -0.05) is 78.5 Å². The van der Waals surface area contributed by atoms with Gasteiger partial charge in [0, 0.05) is 10.5 Å². The summed E-state index contributed by atoms with van der Waals surface area (Å²) < 4.78 is 5.61. The topological polar surface area (TPSA) is 89.6 Å². The average molecular weight is 417 g/mol. The minimum atomic E-state index is -1.37. The second-order valence-electron chi connectivity index (χ2n) is 6.96. The molecule has 0 aliphatic rings. The van der Waals surface area contributed by atoms with Gasteiger partial charge in [0.1, 0.15) is 0 Å². The summed E-state index contributed by atoms with van der Waals surface area (Å²) in [5.41, 5.74) is 5.88. The van der Waals surface area contributed by atoms with Gasteiger partial charge < -0.3 is 15.6 Å². The Labute approximate surface area is 177 Å². The summed E-state index contributed by atoms with van der Waals surface area (Å²) in [5.74, 6) is -1.10. The minimum absolute atomic E-state index is 0.0604. The first kappa shape index (κ1) is 19.8. The SMILES string of the molecule is CC(OC(N)=O)(Sc1cccc2ccccc12)c1c(C(=O)O)ccc2ccccc12. The molecule has 5 nitrogen and oxygen atoms in total. The Hall–Kier alpha value is -3.51. The first-order chi connectivity index (χ1) is 14.4. The van der Waals surface area contributed by atoms with Crippen molar-refractivity contribution in [1.82, 2.24) is 0 Å². The molecule has 6 heteroatoms. The zero-order chi connectivity index (χ0) is 21.3. The summed E-state index contributed by atoms with van der Waals surface area (Å²) in [7, 11) is 0. The molecule has 30 heavy (non-hydrogen) atoms. The predicted octanol–water partition coefficient (Wildman–Crippen LogP) is 5.75. The van der Waals surface area contributed by atoms with E-state index in [1.54, 1.807) is 13.0 Å². The number of primary amides is 1. The molecule has 0 saturated heterocycles. The van der Waals surface area contributed by atoms with E-state index in [-0.39, 0.29) is 5.56 Å². The molecule has 1 atom stereocenters. The van der Waals surface area contributed by atoms with Crippen molar-refractivity contribution in [2.24, 2.45) is 5.73 Å². The van der Waals surface area contributed by atoms with E-state index >= 15 is 0 Å². The maximum atomic E-state index is 12.1. The van der Waals surface area contributed by atoms with Gasteiger partial charge in [-0.05, 0) is 40.6 Å². The molecule has 0 radical (unpaired) electrons. The lowest BCUT2D eigenvalue weighted by atomic mass is 9.95. The highest BCUT2D eigenvalue weighted by atomic mass is 32.2. The summed E-state index contributed by atoms with van der Waals surface area (Å²) >= 11 is 1.26. The molecule has 0 aromatic heterocycles. The van der Waals surface area contributed by atoms with Crippen molar-refractivity contribution in [1.29, 1.82) is 0 Å². The monoisotopic (exact) mass is 417 g/mol. The van der Waals surface area contributed by atoms with Crippen LogP contribution in [-0.2, 0) is 9.67 Å². The number of fused-ring (bicyclic) bond motifs is 2. The quantitative estimate of drug-likeness (QED) is 0.319. The maximum absolute atomic E-state index is 12.1. The fraction of sp³-hybridized carbons (Fsp3) is 0.0833. The minimum Gasteiger partial charge on any atom is -0.478 e. The van der Waals surface area contributed by atoms with Gasteiger partial charge in [-0.2, -0.15) is 0 Å². The molecule has 4 aromatic carbocycles. The van der Waals surface area contributed by atoms with E-state index in [2.05, 4.69) is 0 Å². The van der Waals surface area contributed by atoms with Crippen LogP contribution in [0.4, 0.5) is 4.79 Å². The van der Waals surface area contributed by atoms with Crippen LogP contribution in [0.3, 0.4) is 0 Å². The number of carboxylic acids is 1. The van der Waals surface area contributed by atoms with Gasteiger partial charge in [0.05, 0.1) is 5.56 Å². The number of carboxylic acid groups (broad SMARTS) is 1. The number of thioether (sulfide) groups is 1. The Morgan fingerprint density at radius 3 is 2.13 bits per heavy atom. The Kier molecular flexibility index (Phi) is 5.10. The smallest absolute Gasteiger partial charge is 0.406 e. The van der Waals surface area contributed by atoms with Crippen molar-refractivity contribution in [3.05, 3.63) is 90.0 Å². The lowest BCUT2D eigenvalue weighted by Gasteiger charge is -2.31. The second kappa shape index (κ2) is 7.72. The third kappa shape index (κ3) is 3.57. The van der Waals surface area contributed by atoms with Crippen molar-refractivity contribution in [3.63, 3.8) is 0 Å². The van der Waals surface area contributed by atoms with Crippen molar-refractivity contribution in [2.45, 2.75) is 16.8 Å². The maximum Gasteiger partial charge on any atom is 0.406 e. The molecule has 0 spiro atoms. The molecule has 1 unspecified atom stereocenters. The number of benzene rings is 4. The van der Waals surface area contributed by atoms with Gasteiger partial charge in [-0.15, -0.1) is 0 Å². The number of carbonyl (C=O) groups is 2. The van der Waals surface area contributed by atoms with Crippen molar-refractivity contribution >= 4 is 45.4 Å². The van der Waals surface area contributed by atoms with Gasteiger partial charge in [0.15, 0.2) is 4.93 Å². The number of ether oxygens (including phenoxy) is 1. The molecule has 150 valence electrons. The van der Waals surface area contributed by atoms with E-state index in [1.807, 2.05) is 66.7 Å². The zero-order valence-electron chi connectivity index (χ0n) is 16.2. The Balaban J connectivity index is 1.99. The summed E-state index contributed by atoms with van der Waals surface area (Å²) in [6.07, 6.45) is -0.977. The molecular formula is C24H19NO4S. The normalized spacial score (nSPS) is 13.1. The third-order valence-electron chi connectivity index (χ3n) is 4.96. The summed E-state index contributed by atoms with van der Waals surface area (Å²) in [6, 6.07) is 24.4. The molecule has 0 aliphatic carbocycles. The number of aromatic carboxylic acids is 1. The van der Waals surface area contributed by atoms with E-state index in [1.165, 1.54) is 17.8 Å². The highest BCUT2D eigenvalue weighted by Crippen LogP contribution is 2.48. The molecule has 0 aliphatic heterocycles. The number of hydrogen-bond donors (Lipinski definition) is 2. The fourth-order valence-corrected chi connectivity index (χ4v) is 5.06. The number of rotatable bonds is 5. The van der Waals surface area contributed by atoms with Gasteiger partial charge in [0.2, 0.25) is 0 Å². The van der Waals surface area contributed by atoms with Gasteiger partial charge in [0.25, 0.3) is 0 Å². The highest BCUT2D eigenvalue weighted by molar-refractivity contribution is 8.00. The number of amides is 1. The first-order valence-electron chi connectivity index (χ1n) is 9.30. The van der Waals surface area contributed by atoms with E-state index in [4.69, 9.17) is 10.5 Å². The van der Waals surface area contributed by atoms with Crippen LogP contribution in [0.25, 0.3) is 21.5 Å². The average Bonchev–Trinajstić information content (AvgIpc) is 2.72. The molecule has 4 aromatic rings. The number of hydrogen-bond acceptors (Lipinski definition) is 4. The van der Waals surface area contributed by atoms with Crippen LogP contribution >= 0.6 is 11.8 Å². The largest absolute Gasteiger partial charge is 0.478 e. The van der Waals surface area contributed by atoms with Crippen molar-refractivity contribution in [3.8, 4) is 0 Å². The lowest BCUT2D eigenvalue weighted by Crippen LogP contribution is -2.31. The molecule has 0 bridgehead atoms. The molecule has 0 saturated carbocycles. The second-order valence-corrected chi connectivity index (χ2v) is 8.38.